The minimum atomic E-state index is 0.0104. The van der Waals surface area contributed by atoms with E-state index in [1.807, 2.05) is 12.1 Å². The van der Waals surface area contributed by atoms with Crippen LogP contribution in [0.3, 0.4) is 0 Å². The van der Waals surface area contributed by atoms with E-state index < -0.39 is 0 Å². The molecule has 0 heterocycles. The monoisotopic (exact) mass is 325 g/mol. The fourth-order valence-electron chi connectivity index (χ4n) is 2.96. The molecule has 1 aromatic carbocycles. The van der Waals surface area contributed by atoms with Crippen molar-refractivity contribution in [2.75, 3.05) is 6.54 Å². The zero-order valence-electron chi connectivity index (χ0n) is 11.6. The summed E-state index contributed by atoms with van der Waals surface area (Å²) < 4.78 is 7.38. The molecule has 0 aliphatic heterocycles. The first-order valence-electron chi connectivity index (χ1n) is 7.34. The van der Waals surface area contributed by atoms with Crippen molar-refractivity contribution in [3.05, 3.63) is 34.3 Å². The summed E-state index contributed by atoms with van der Waals surface area (Å²) >= 11 is 3.59. The third kappa shape index (κ3) is 4.04. The van der Waals surface area contributed by atoms with Crippen LogP contribution in [0.4, 0.5) is 0 Å². The molecule has 3 atom stereocenters. The van der Waals surface area contributed by atoms with Crippen LogP contribution in [0.25, 0.3) is 0 Å². The molecule has 19 heavy (non-hydrogen) atoms. The summed E-state index contributed by atoms with van der Waals surface area (Å²) in [6.45, 7) is 2.82. The molecule has 0 saturated heterocycles. The molecule has 3 unspecified atom stereocenters. The van der Waals surface area contributed by atoms with Crippen molar-refractivity contribution < 1.29 is 4.74 Å². The second kappa shape index (κ2) is 7.41. The zero-order chi connectivity index (χ0) is 13.7. The molecule has 0 amide bonds. The lowest BCUT2D eigenvalue weighted by Gasteiger charge is -2.31. The summed E-state index contributed by atoms with van der Waals surface area (Å²) in [4.78, 5) is 0. The summed E-state index contributed by atoms with van der Waals surface area (Å²) in [6.07, 6.45) is 6.67. The zero-order valence-corrected chi connectivity index (χ0v) is 13.2. The highest BCUT2D eigenvalue weighted by atomic mass is 79.9. The predicted octanol–water partition coefficient (Wildman–Crippen LogP) is 4.43. The summed E-state index contributed by atoms with van der Waals surface area (Å²) in [5, 5.41) is 0. The Bertz CT molecular complexity index is 396. The van der Waals surface area contributed by atoms with Crippen molar-refractivity contribution in [3.8, 4) is 0 Å². The number of nitrogens with two attached hydrogens (primary N) is 1. The van der Waals surface area contributed by atoms with Crippen LogP contribution in [0.15, 0.2) is 28.7 Å². The quantitative estimate of drug-likeness (QED) is 0.868. The van der Waals surface area contributed by atoms with Gasteiger partial charge < -0.3 is 10.5 Å². The molecular formula is C16H24BrNO. The smallest absolute Gasteiger partial charge is 0.0961 e. The fraction of sp³-hybridized carbons (Fsp3) is 0.625. The lowest BCUT2D eigenvalue weighted by Crippen LogP contribution is -2.27. The number of benzene rings is 1. The van der Waals surface area contributed by atoms with Crippen LogP contribution in [0, 0.1) is 5.92 Å². The number of hydrogen-bond acceptors (Lipinski definition) is 2. The van der Waals surface area contributed by atoms with Crippen LogP contribution >= 0.6 is 15.9 Å². The molecule has 106 valence electrons. The Labute approximate surface area is 124 Å². The highest BCUT2D eigenvalue weighted by Gasteiger charge is 2.25. The number of halogens is 1. The summed E-state index contributed by atoms with van der Waals surface area (Å²) in [7, 11) is 0. The molecule has 1 saturated carbocycles. The first-order chi connectivity index (χ1) is 9.24. The van der Waals surface area contributed by atoms with Crippen LogP contribution in [-0.4, -0.2) is 12.6 Å². The third-order valence-corrected chi connectivity index (χ3v) is 4.86. The van der Waals surface area contributed by atoms with E-state index in [1.165, 1.54) is 37.7 Å². The van der Waals surface area contributed by atoms with E-state index in [0.717, 1.165) is 10.4 Å². The van der Waals surface area contributed by atoms with E-state index in [9.17, 15) is 0 Å². The molecule has 2 nitrogen and oxygen atoms in total. The summed E-state index contributed by atoms with van der Waals surface area (Å²) in [5.74, 6) is 0.830. The van der Waals surface area contributed by atoms with Crippen LogP contribution in [0.2, 0.25) is 0 Å². The molecule has 2 N–H and O–H groups in total. The Kier molecular flexibility index (Phi) is 5.86. The normalized spacial score (nSPS) is 25.2. The predicted molar refractivity (Wildman–Crippen MR) is 83.1 cm³/mol. The minimum absolute atomic E-state index is 0.0104. The molecule has 1 aromatic rings. The minimum Gasteiger partial charge on any atom is -0.369 e. The SMILES string of the molecule is CCC1CCCC(OC(CN)c2ccccc2Br)C1. The topological polar surface area (TPSA) is 35.2 Å². The lowest BCUT2D eigenvalue weighted by molar-refractivity contribution is -0.0384. The van der Waals surface area contributed by atoms with Gasteiger partial charge in [-0.2, -0.15) is 0 Å². The van der Waals surface area contributed by atoms with Gasteiger partial charge in [0.25, 0.3) is 0 Å². The molecular weight excluding hydrogens is 302 g/mol. The largest absolute Gasteiger partial charge is 0.369 e. The highest BCUT2D eigenvalue weighted by molar-refractivity contribution is 9.10. The van der Waals surface area contributed by atoms with E-state index in [0.29, 0.717) is 12.6 Å². The molecule has 2 rings (SSSR count). The second-order valence-electron chi connectivity index (χ2n) is 5.44. The van der Waals surface area contributed by atoms with Crippen LogP contribution in [-0.2, 0) is 4.74 Å². The standard InChI is InChI=1S/C16H24BrNO/c1-2-12-6-5-7-13(10-12)19-16(11-18)14-8-3-4-9-15(14)17/h3-4,8-9,12-13,16H,2,5-7,10-11,18H2,1H3. The van der Waals surface area contributed by atoms with Gasteiger partial charge in [0.15, 0.2) is 0 Å². The van der Waals surface area contributed by atoms with Gasteiger partial charge in [0.1, 0.15) is 0 Å². The summed E-state index contributed by atoms with van der Waals surface area (Å²) in [5.41, 5.74) is 7.08. The molecule has 1 fully saturated rings. The van der Waals surface area contributed by atoms with Crippen molar-refractivity contribution in [3.63, 3.8) is 0 Å². The average Bonchev–Trinajstić information content (AvgIpc) is 2.46. The summed E-state index contributed by atoms with van der Waals surface area (Å²) in [6, 6.07) is 8.22. The molecule has 0 bridgehead atoms. The fourth-order valence-corrected chi connectivity index (χ4v) is 3.50. The Morgan fingerprint density at radius 1 is 1.37 bits per heavy atom. The number of rotatable bonds is 5. The maximum absolute atomic E-state index is 6.28. The van der Waals surface area contributed by atoms with Gasteiger partial charge in [0.05, 0.1) is 12.2 Å². The van der Waals surface area contributed by atoms with Gasteiger partial charge in [0.2, 0.25) is 0 Å². The van der Waals surface area contributed by atoms with E-state index in [4.69, 9.17) is 10.5 Å². The van der Waals surface area contributed by atoms with Gasteiger partial charge in [-0.3, -0.25) is 0 Å². The molecule has 0 spiro atoms. The highest BCUT2D eigenvalue weighted by Crippen LogP contribution is 2.33. The van der Waals surface area contributed by atoms with Gasteiger partial charge in [-0.15, -0.1) is 0 Å². The second-order valence-corrected chi connectivity index (χ2v) is 6.30. The van der Waals surface area contributed by atoms with Gasteiger partial charge in [-0.25, -0.2) is 0 Å². The van der Waals surface area contributed by atoms with Gasteiger partial charge in [-0.05, 0) is 30.4 Å². The van der Waals surface area contributed by atoms with Crippen molar-refractivity contribution >= 4 is 15.9 Å². The maximum Gasteiger partial charge on any atom is 0.0961 e. The van der Waals surface area contributed by atoms with Crippen molar-refractivity contribution in [1.82, 2.24) is 0 Å². The average molecular weight is 326 g/mol. The van der Waals surface area contributed by atoms with E-state index in [2.05, 4.69) is 35.0 Å². The third-order valence-electron chi connectivity index (χ3n) is 4.13. The Morgan fingerprint density at radius 3 is 2.84 bits per heavy atom. The van der Waals surface area contributed by atoms with Crippen molar-refractivity contribution in [2.24, 2.45) is 11.7 Å². The molecule has 1 aliphatic rings. The van der Waals surface area contributed by atoms with Crippen LogP contribution < -0.4 is 5.73 Å². The van der Waals surface area contributed by atoms with Gasteiger partial charge in [0, 0.05) is 11.0 Å². The lowest BCUT2D eigenvalue weighted by atomic mass is 9.85. The molecule has 3 heteroatoms. The van der Waals surface area contributed by atoms with E-state index >= 15 is 0 Å². The molecule has 0 radical (unpaired) electrons. The van der Waals surface area contributed by atoms with E-state index in [1.54, 1.807) is 0 Å². The Balaban J connectivity index is 2.01. The van der Waals surface area contributed by atoms with Crippen molar-refractivity contribution in [1.29, 1.82) is 0 Å². The maximum atomic E-state index is 6.28. The Morgan fingerprint density at radius 2 is 2.16 bits per heavy atom. The van der Waals surface area contributed by atoms with Gasteiger partial charge >= 0.3 is 0 Å². The van der Waals surface area contributed by atoms with Gasteiger partial charge in [-0.1, -0.05) is 60.3 Å². The molecule has 0 aromatic heterocycles. The van der Waals surface area contributed by atoms with Crippen LogP contribution in [0.1, 0.15) is 50.7 Å². The Hall–Kier alpha value is -0.380. The number of hydrogen-bond donors (Lipinski definition) is 1. The molecule has 1 aliphatic carbocycles. The first kappa shape index (κ1) is 15.0. The van der Waals surface area contributed by atoms with Crippen LogP contribution in [0.5, 0.6) is 0 Å². The van der Waals surface area contributed by atoms with Crippen molar-refractivity contribution in [2.45, 2.75) is 51.2 Å². The van der Waals surface area contributed by atoms with E-state index in [-0.39, 0.29) is 6.10 Å². The first-order valence-corrected chi connectivity index (χ1v) is 8.13. The number of ether oxygens (including phenoxy) is 1.